The quantitative estimate of drug-likeness (QED) is 0.441. The second-order valence-electron chi connectivity index (χ2n) is 6.42. The van der Waals surface area contributed by atoms with Crippen LogP contribution in [-0.2, 0) is 4.79 Å². The molecule has 0 radical (unpaired) electrons. The molecule has 3 N–H and O–H groups in total. The molecule has 3 rings (SSSR count). The minimum Gasteiger partial charge on any atom is -0.490 e. The van der Waals surface area contributed by atoms with Crippen LogP contribution >= 0.6 is 0 Å². The first kappa shape index (κ1) is 20.8. The molecule has 30 heavy (non-hydrogen) atoms. The number of ether oxygens (including phenoxy) is 2. The number of hydrogen-bond acceptors (Lipinski definition) is 6. The fourth-order valence-corrected chi connectivity index (χ4v) is 2.86. The molecule has 1 heterocycles. The fraction of sp³-hybridized carbons (Fsp3) is 0.182. The molecular formula is C22H22N4O4. The largest absolute Gasteiger partial charge is 0.490 e. The van der Waals surface area contributed by atoms with Gasteiger partial charge in [-0.3, -0.25) is 14.6 Å². The Morgan fingerprint density at radius 2 is 1.93 bits per heavy atom. The highest BCUT2D eigenvalue weighted by atomic mass is 16.5. The summed E-state index contributed by atoms with van der Waals surface area (Å²) in [7, 11) is 0. The van der Waals surface area contributed by atoms with Crippen molar-refractivity contribution in [2.45, 2.75) is 13.8 Å². The van der Waals surface area contributed by atoms with Gasteiger partial charge >= 0.3 is 0 Å². The van der Waals surface area contributed by atoms with Crippen LogP contribution in [0.3, 0.4) is 0 Å². The molecule has 1 aromatic heterocycles. The topological polar surface area (TPSA) is 116 Å². The molecule has 0 fully saturated rings. The highest BCUT2D eigenvalue weighted by Gasteiger charge is 2.11. The number of amides is 2. The van der Waals surface area contributed by atoms with Gasteiger partial charge in [0.05, 0.1) is 23.9 Å². The van der Waals surface area contributed by atoms with Crippen molar-refractivity contribution >= 4 is 28.9 Å². The molecule has 2 amide bonds. The normalized spacial score (nSPS) is 10.9. The average molecular weight is 406 g/mol. The Morgan fingerprint density at radius 1 is 1.13 bits per heavy atom. The molecule has 0 aliphatic heterocycles. The number of carbonyl (C=O) groups excluding carboxylic acids is 2. The van der Waals surface area contributed by atoms with Crippen LogP contribution in [-0.4, -0.2) is 36.2 Å². The summed E-state index contributed by atoms with van der Waals surface area (Å²) < 4.78 is 10.9. The predicted molar refractivity (Wildman–Crippen MR) is 114 cm³/mol. The third kappa shape index (κ3) is 5.11. The summed E-state index contributed by atoms with van der Waals surface area (Å²) in [4.78, 5) is 28.0. The molecule has 0 aliphatic rings. The number of hydrazone groups is 1. The van der Waals surface area contributed by atoms with Crippen molar-refractivity contribution in [1.82, 2.24) is 10.4 Å². The zero-order valence-corrected chi connectivity index (χ0v) is 16.7. The molecule has 0 aliphatic carbocycles. The third-order valence-electron chi connectivity index (χ3n) is 4.11. The van der Waals surface area contributed by atoms with Gasteiger partial charge in [-0.15, -0.1) is 0 Å². The SMILES string of the molecule is CCOc1cc(/C=N/NC(=O)c2cc(C)nc3ccccc23)ccc1OCC(N)=O. The summed E-state index contributed by atoms with van der Waals surface area (Å²) in [6.07, 6.45) is 1.49. The van der Waals surface area contributed by atoms with Crippen LogP contribution in [0, 0.1) is 6.92 Å². The second kappa shape index (κ2) is 9.51. The second-order valence-corrected chi connectivity index (χ2v) is 6.42. The van der Waals surface area contributed by atoms with E-state index < -0.39 is 5.91 Å². The Balaban J connectivity index is 1.76. The minimum atomic E-state index is -0.579. The van der Waals surface area contributed by atoms with Crippen molar-refractivity contribution in [2.24, 2.45) is 10.8 Å². The zero-order valence-electron chi connectivity index (χ0n) is 16.7. The summed E-state index contributed by atoms with van der Waals surface area (Å²) in [5.74, 6) is -0.0654. The van der Waals surface area contributed by atoms with E-state index in [1.165, 1.54) is 6.21 Å². The number of benzene rings is 2. The van der Waals surface area contributed by atoms with Gasteiger partial charge < -0.3 is 15.2 Å². The van der Waals surface area contributed by atoms with Gasteiger partial charge in [0.2, 0.25) is 0 Å². The Morgan fingerprint density at radius 3 is 2.70 bits per heavy atom. The van der Waals surface area contributed by atoms with Crippen LogP contribution in [0.15, 0.2) is 53.6 Å². The Labute approximate surface area is 173 Å². The first-order valence-electron chi connectivity index (χ1n) is 9.35. The molecule has 0 unspecified atom stereocenters. The molecular weight excluding hydrogens is 384 g/mol. The molecule has 154 valence electrons. The number of fused-ring (bicyclic) bond motifs is 1. The number of pyridine rings is 1. The molecule has 8 heteroatoms. The number of carbonyl (C=O) groups is 2. The molecule has 0 bridgehead atoms. The molecule has 0 saturated carbocycles. The number of aryl methyl sites for hydroxylation is 1. The van der Waals surface area contributed by atoms with Gasteiger partial charge in [-0.1, -0.05) is 18.2 Å². The third-order valence-corrected chi connectivity index (χ3v) is 4.11. The van der Waals surface area contributed by atoms with Gasteiger partial charge in [0.1, 0.15) is 0 Å². The van der Waals surface area contributed by atoms with Crippen molar-refractivity contribution in [3.63, 3.8) is 0 Å². The van der Waals surface area contributed by atoms with E-state index in [0.717, 1.165) is 16.6 Å². The zero-order chi connectivity index (χ0) is 21.5. The standard InChI is InChI=1S/C22H22N4O4/c1-3-29-20-11-15(8-9-19(20)30-13-21(23)27)12-24-26-22(28)17-10-14(2)25-18-7-5-4-6-16(17)18/h4-12H,3,13H2,1-2H3,(H2,23,27)(H,26,28)/b24-12+. The molecule has 0 spiro atoms. The number of nitrogens with zero attached hydrogens (tertiary/aromatic N) is 2. The van der Waals surface area contributed by atoms with Crippen molar-refractivity contribution in [2.75, 3.05) is 13.2 Å². The Kier molecular flexibility index (Phi) is 6.59. The van der Waals surface area contributed by atoms with Gasteiger partial charge in [0.25, 0.3) is 11.8 Å². The number of para-hydroxylation sites is 1. The lowest BCUT2D eigenvalue weighted by atomic mass is 10.1. The van der Waals surface area contributed by atoms with Gasteiger partial charge in [0.15, 0.2) is 18.1 Å². The maximum atomic E-state index is 12.6. The van der Waals surface area contributed by atoms with E-state index in [9.17, 15) is 9.59 Å². The number of primary amides is 1. The molecule has 0 saturated heterocycles. The van der Waals surface area contributed by atoms with E-state index in [-0.39, 0.29) is 12.5 Å². The monoisotopic (exact) mass is 406 g/mol. The van der Waals surface area contributed by atoms with E-state index in [1.807, 2.05) is 38.1 Å². The summed E-state index contributed by atoms with van der Waals surface area (Å²) >= 11 is 0. The van der Waals surface area contributed by atoms with E-state index in [0.29, 0.717) is 29.2 Å². The van der Waals surface area contributed by atoms with Gasteiger partial charge in [0, 0.05) is 11.1 Å². The van der Waals surface area contributed by atoms with Crippen molar-refractivity contribution in [3.05, 3.63) is 65.4 Å². The molecule has 8 nitrogen and oxygen atoms in total. The summed E-state index contributed by atoms with van der Waals surface area (Å²) in [6, 6.07) is 14.2. The smallest absolute Gasteiger partial charge is 0.272 e. The number of aromatic nitrogens is 1. The molecule has 0 atom stereocenters. The number of hydrogen-bond donors (Lipinski definition) is 2. The van der Waals surface area contributed by atoms with Crippen molar-refractivity contribution in [1.29, 1.82) is 0 Å². The Hall–Kier alpha value is -3.94. The molecule has 3 aromatic rings. The van der Waals surface area contributed by atoms with E-state index in [4.69, 9.17) is 15.2 Å². The summed E-state index contributed by atoms with van der Waals surface area (Å²) in [5, 5.41) is 4.80. The molecule has 2 aromatic carbocycles. The fourth-order valence-electron chi connectivity index (χ4n) is 2.86. The van der Waals surface area contributed by atoms with Gasteiger partial charge in [-0.25, -0.2) is 5.43 Å². The summed E-state index contributed by atoms with van der Waals surface area (Å²) in [6.45, 7) is 3.84. The lowest BCUT2D eigenvalue weighted by Gasteiger charge is -2.11. The highest BCUT2D eigenvalue weighted by molar-refractivity contribution is 6.06. The van der Waals surface area contributed by atoms with E-state index >= 15 is 0 Å². The van der Waals surface area contributed by atoms with Gasteiger partial charge in [-0.05, 0) is 49.7 Å². The van der Waals surface area contributed by atoms with Crippen LogP contribution < -0.4 is 20.6 Å². The van der Waals surface area contributed by atoms with Crippen LogP contribution in [0.5, 0.6) is 11.5 Å². The van der Waals surface area contributed by atoms with Gasteiger partial charge in [-0.2, -0.15) is 5.10 Å². The van der Waals surface area contributed by atoms with Crippen molar-refractivity contribution < 1.29 is 19.1 Å². The van der Waals surface area contributed by atoms with Crippen LogP contribution in [0.2, 0.25) is 0 Å². The summed E-state index contributed by atoms with van der Waals surface area (Å²) in [5.41, 5.74) is 10.3. The van der Waals surface area contributed by atoms with Crippen LogP contribution in [0.1, 0.15) is 28.5 Å². The number of rotatable bonds is 8. The van der Waals surface area contributed by atoms with Crippen LogP contribution in [0.25, 0.3) is 10.9 Å². The maximum absolute atomic E-state index is 12.6. The van der Waals surface area contributed by atoms with E-state index in [2.05, 4.69) is 15.5 Å². The first-order chi connectivity index (χ1) is 14.5. The van der Waals surface area contributed by atoms with Crippen molar-refractivity contribution in [3.8, 4) is 11.5 Å². The van der Waals surface area contributed by atoms with E-state index in [1.54, 1.807) is 24.3 Å². The average Bonchev–Trinajstić information content (AvgIpc) is 2.72. The Bertz CT molecular complexity index is 1110. The number of nitrogens with two attached hydrogens (primary N) is 1. The first-order valence-corrected chi connectivity index (χ1v) is 9.35. The predicted octanol–water partition coefficient (Wildman–Crippen LogP) is 2.57. The maximum Gasteiger partial charge on any atom is 0.272 e. The minimum absolute atomic E-state index is 0.247. The highest BCUT2D eigenvalue weighted by Crippen LogP contribution is 2.28. The lowest BCUT2D eigenvalue weighted by molar-refractivity contribution is -0.119. The number of nitrogens with one attached hydrogen (secondary N) is 1. The van der Waals surface area contributed by atoms with Crippen LogP contribution in [0.4, 0.5) is 0 Å². The lowest BCUT2D eigenvalue weighted by Crippen LogP contribution is -2.20.